The highest BCUT2D eigenvalue weighted by Gasteiger charge is 2.40. The van der Waals surface area contributed by atoms with Crippen molar-refractivity contribution in [1.82, 2.24) is 0 Å². The fraction of sp³-hybridized carbons (Fsp3) is 0.889. The van der Waals surface area contributed by atoms with E-state index in [0.717, 1.165) is 25.8 Å². The van der Waals surface area contributed by atoms with Gasteiger partial charge in [0.15, 0.2) is 5.90 Å². The molecule has 82 valence electrons. The van der Waals surface area contributed by atoms with Crippen molar-refractivity contribution >= 4 is 73.7 Å². The second kappa shape index (κ2) is 5.33. The van der Waals surface area contributed by atoms with Crippen LogP contribution >= 0.6 is 67.8 Å². The lowest BCUT2D eigenvalue weighted by molar-refractivity contribution is 0.259. The van der Waals surface area contributed by atoms with Crippen molar-refractivity contribution in [3.63, 3.8) is 0 Å². The van der Waals surface area contributed by atoms with Crippen LogP contribution in [0, 0.1) is 5.41 Å². The van der Waals surface area contributed by atoms with Gasteiger partial charge in [-0.15, -0.1) is 0 Å². The van der Waals surface area contributed by atoms with Gasteiger partial charge in [-0.05, 0) is 13.8 Å². The molecule has 0 aromatic carbocycles. The first-order chi connectivity index (χ1) is 6.49. The molecule has 0 aliphatic carbocycles. The van der Waals surface area contributed by atoms with E-state index in [9.17, 15) is 0 Å². The number of ether oxygens (including phenoxy) is 1. The molecule has 2 nitrogen and oxygen atoms in total. The van der Waals surface area contributed by atoms with Crippen molar-refractivity contribution in [3.05, 3.63) is 0 Å². The molecule has 1 heterocycles. The van der Waals surface area contributed by atoms with Crippen molar-refractivity contribution in [1.29, 1.82) is 0 Å². The number of hydrogen-bond donors (Lipinski definition) is 0. The quantitative estimate of drug-likeness (QED) is 0.401. The van der Waals surface area contributed by atoms with Crippen LogP contribution in [0.4, 0.5) is 0 Å². The van der Waals surface area contributed by atoms with Crippen molar-refractivity contribution in [3.8, 4) is 0 Å². The molecule has 0 saturated carbocycles. The Hall–Kier alpha value is 1.66. The van der Waals surface area contributed by atoms with Gasteiger partial charge in [0.05, 0.1) is 11.0 Å². The molecule has 14 heavy (non-hydrogen) atoms. The Bertz CT molecular complexity index is 228. The Balaban J connectivity index is 2.91. The average molecular weight is 533 g/mol. The fourth-order valence-corrected chi connectivity index (χ4v) is 6.83. The standard InChI is InChI=1S/C9H14I3NO/c1-8(2)6-14-7(13-8)9(3-10,4-11)5-12/h3-6H2,1-2H3. The summed E-state index contributed by atoms with van der Waals surface area (Å²) in [5.41, 5.74) is 0.124. The first-order valence-electron chi connectivity index (χ1n) is 4.41. The smallest absolute Gasteiger partial charge is 0.192 e. The number of nitrogens with zero attached hydrogens (tertiary/aromatic N) is 1. The lowest BCUT2D eigenvalue weighted by Crippen LogP contribution is -2.36. The molecule has 0 unspecified atom stereocenters. The van der Waals surface area contributed by atoms with E-state index in [1.54, 1.807) is 0 Å². The van der Waals surface area contributed by atoms with Gasteiger partial charge in [-0.2, -0.15) is 0 Å². The highest BCUT2D eigenvalue weighted by atomic mass is 127. The van der Waals surface area contributed by atoms with E-state index in [4.69, 9.17) is 4.74 Å². The Labute approximate surface area is 126 Å². The summed E-state index contributed by atoms with van der Waals surface area (Å²) in [6, 6.07) is 0. The van der Waals surface area contributed by atoms with Crippen LogP contribution in [0.5, 0.6) is 0 Å². The minimum absolute atomic E-state index is 0.0238. The monoisotopic (exact) mass is 533 g/mol. The number of aliphatic imine (C=N–C) groups is 1. The van der Waals surface area contributed by atoms with Gasteiger partial charge in [-0.3, -0.25) is 0 Å². The summed E-state index contributed by atoms with van der Waals surface area (Å²) < 4.78 is 8.97. The molecule has 0 spiro atoms. The van der Waals surface area contributed by atoms with Gasteiger partial charge < -0.3 is 4.74 Å². The molecule has 1 aliphatic rings. The van der Waals surface area contributed by atoms with E-state index in [0.29, 0.717) is 0 Å². The number of rotatable bonds is 4. The predicted molar refractivity (Wildman–Crippen MR) is 86.6 cm³/mol. The summed E-state index contributed by atoms with van der Waals surface area (Å²) >= 11 is 7.30. The largest absolute Gasteiger partial charge is 0.478 e. The summed E-state index contributed by atoms with van der Waals surface area (Å²) in [7, 11) is 0. The van der Waals surface area contributed by atoms with Crippen molar-refractivity contribution in [2.75, 3.05) is 19.9 Å². The van der Waals surface area contributed by atoms with Gasteiger partial charge in [0, 0.05) is 13.3 Å². The van der Waals surface area contributed by atoms with E-state index >= 15 is 0 Å². The van der Waals surface area contributed by atoms with E-state index in [2.05, 4.69) is 86.6 Å². The summed E-state index contributed by atoms with van der Waals surface area (Å²) in [5.74, 6) is 0.973. The van der Waals surface area contributed by atoms with Crippen LogP contribution in [0.25, 0.3) is 0 Å². The third-order valence-corrected chi connectivity index (χ3v) is 6.57. The Morgan fingerprint density at radius 2 is 1.79 bits per heavy atom. The summed E-state index contributed by atoms with van der Waals surface area (Å²) in [6.45, 7) is 4.98. The maximum absolute atomic E-state index is 5.74. The average Bonchev–Trinajstić information content (AvgIpc) is 2.51. The highest BCUT2D eigenvalue weighted by Crippen LogP contribution is 2.33. The van der Waals surface area contributed by atoms with Crippen LogP contribution < -0.4 is 0 Å². The van der Waals surface area contributed by atoms with Gasteiger partial charge in [-0.25, -0.2) is 4.99 Å². The molecule has 5 heteroatoms. The minimum atomic E-state index is -0.0238. The van der Waals surface area contributed by atoms with Gasteiger partial charge in [-0.1, -0.05) is 67.8 Å². The van der Waals surface area contributed by atoms with Crippen LogP contribution in [0.3, 0.4) is 0 Å². The predicted octanol–water partition coefficient (Wildman–Crippen LogP) is 3.49. The second-order valence-corrected chi connectivity index (χ2v) is 6.49. The van der Waals surface area contributed by atoms with Crippen molar-refractivity contribution in [2.24, 2.45) is 10.4 Å². The zero-order valence-corrected chi connectivity index (χ0v) is 14.8. The molecule has 0 N–H and O–H groups in total. The van der Waals surface area contributed by atoms with Crippen LogP contribution in [0.1, 0.15) is 13.8 Å². The molecule has 0 radical (unpaired) electrons. The highest BCUT2D eigenvalue weighted by molar-refractivity contribution is 14.1. The second-order valence-electron chi connectivity index (χ2n) is 4.20. The first-order valence-corrected chi connectivity index (χ1v) is 8.98. The van der Waals surface area contributed by atoms with E-state index < -0.39 is 0 Å². The first kappa shape index (κ1) is 13.7. The third kappa shape index (κ3) is 2.86. The topological polar surface area (TPSA) is 21.6 Å². The van der Waals surface area contributed by atoms with Gasteiger partial charge in [0.2, 0.25) is 0 Å². The lowest BCUT2D eigenvalue weighted by atomic mass is 9.96. The molecule has 1 rings (SSSR count). The number of hydrogen-bond acceptors (Lipinski definition) is 2. The number of alkyl halides is 3. The Morgan fingerprint density at radius 1 is 1.29 bits per heavy atom. The summed E-state index contributed by atoms with van der Waals surface area (Å²) in [4.78, 5) is 4.69. The zero-order chi connectivity index (χ0) is 10.8. The maximum atomic E-state index is 5.74. The zero-order valence-electron chi connectivity index (χ0n) is 8.32. The summed E-state index contributed by atoms with van der Waals surface area (Å²) in [6.07, 6.45) is 0. The molecule has 0 bridgehead atoms. The Kier molecular flexibility index (Phi) is 5.22. The molecular formula is C9H14I3NO. The minimum Gasteiger partial charge on any atom is -0.478 e. The van der Waals surface area contributed by atoms with E-state index in [-0.39, 0.29) is 11.0 Å². The molecule has 0 fully saturated rings. The van der Waals surface area contributed by atoms with Crippen LogP contribution in [0.2, 0.25) is 0 Å². The molecule has 0 aromatic rings. The molecule has 0 atom stereocenters. The van der Waals surface area contributed by atoms with Crippen molar-refractivity contribution < 1.29 is 4.74 Å². The molecule has 0 aromatic heterocycles. The van der Waals surface area contributed by atoms with Crippen LogP contribution in [-0.2, 0) is 4.74 Å². The molecular weight excluding hydrogens is 519 g/mol. The molecule has 0 saturated heterocycles. The number of halogens is 3. The van der Waals surface area contributed by atoms with Gasteiger partial charge >= 0.3 is 0 Å². The molecule has 0 amide bonds. The maximum Gasteiger partial charge on any atom is 0.192 e. The van der Waals surface area contributed by atoms with Gasteiger partial charge in [0.1, 0.15) is 6.61 Å². The van der Waals surface area contributed by atoms with Crippen LogP contribution in [0.15, 0.2) is 4.99 Å². The third-order valence-electron chi connectivity index (χ3n) is 2.19. The molecule has 1 aliphatic heterocycles. The fourth-order valence-electron chi connectivity index (χ4n) is 1.13. The Morgan fingerprint density at radius 3 is 2.07 bits per heavy atom. The summed E-state index contributed by atoms with van der Waals surface area (Å²) in [5, 5.41) is 0. The van der Waals surface area contributed by atoms with E-state index in [1.165, 1.54) is 0 Å². The van der Waals surface area contributed by atoms with Crippen LogP contribution in [-0.4, -0.2) is 31.3 Å². The van der Waals surface area contributed by atoms with Gasteiger partial charge in [0.25, 0.3) is 0 Å². The normalized spacial score (nSPS) is 20.5. The lowest BCUT2D eigenvalue weighted by Gasteiger charge is -2.26. The van der Waals surface area contributed by atoms with E-state index in [1.807, 2.05) is 0 Å². The SMILES string of the molecule is CC1(C)COC(C(CI)(CI)CI)=N1. The van der Waals surface area contributed by atoms with Crippen molar-refractivity contribution in [2.45, 2.75) is 19.4 Å².